The average molecular weight is 236 g/mol. The topological polar surface area (TPSA) is 35.2 Å². The van der Waals surface area contributed by atoms with E-state index in [4.69, 9.17) is 23.8 Å². The Morgan fingerprint density at radius 2 is 2.00 bits per heavy atom. The van der Waals surface area contributed by atoms with E-state index in [1.807, 2.05) is 0 Å². The summed E-state index contributed by atoms with van der Waals surface area (Å²) in [6.07, 6.45) is 0.198. The minimum Gasteiger partial charge on any atom is -0.403 e. The summed E-state index contributed by atoms with van der Waals surface area (Å²) in [5.41, 5.74) is 5.14. The second kappa shape index (κ2) is 3.91. The fraction of sp³-hybridized carbons (Fsp3) is 0.111. The predicted octanol–water partition coefficient (Wildman–Crippen LogP) is 2.80. The number of nitrogen functional groups attached to an aromatic ring is 1. The smallest absolute Gasteiger partial charge is 0.403 e. The van der Waals surface area contributed by atoms with Crippen molar-refractivity contribution in [3.05, 3.63) is 22.7 Å². The summed E-state index contributed by atoms with van der Waals surface area (Å²) in [4.78, 5) is 0. The number of hydrogen-bond donors (Lipinski definition) is 1. The average Bonchev–Trinajstić information content (AvgIpc) is 2.08. The van der Waals surface area contributed by atoms with E-state index in [-0.39, 0.29) is 16.3 Å². The lowest BCUT2D eigenvalue weighted by Gasteiger charge is -2.12. The Balaban J connectivity index is 3.20. The summed E-state index contributed by atoms with van der Waals surface area (Å²) in [6.45, 7) is 0. The highest BCUT2D eigenvalue weighted by Gasteiger charge is 2.32. The van der Waals surface area contributed by atoms with Crippen molar-refractivity contribution in [2.75, 3.05) is 5.73 Å². The van der Waals surface area contributed by atoms with E-state index >= 15 is 0 Å². The Morgan fingerprint density at radius 1 is 1.40 bits per heavy atom. The number of anilines is 1. The van der Waals surface area contributed by atoms with Crippen LogP contribution in [0, 0.1) is 12.3 Å². The van der Waals surface area contributed by atoms with Gasteiger partial charge in [0, 0.05) is 11.1 Å². The van der Waals surface area contributed by atoms with Crippen LogP contribution < -0.4 is 10.5 Å². The van der Waals surface area contributed by atoms with E-state index in [2.05, 4.69) is 10.7 Å². The summed E-state index contributed by atoms with van der Waals surface area (Å²) in [7, 11) is 0. The van der Waals surface area contributed by atoms with Crippen molar-refractivity contribution in [3.63, 3.8) is 0 Å². The molecule has 80 valence electrons. The zero-order valence-corrected chi connectivity index (χ0v) is 7.99. The molecule has 0 unspecified atom stereocenters. The molecule has 0 amide bonds. The van der Waals surface area contributed by atoms with Crippen LogP contribution >= 0.6 is 11.6 Å². The number of alkyl halides is 3. The molecule has 0 bridgehead atoms. The van der Waals surface area contributed by atoms with Gasteiger partial charge < -0.3 is 10.5 Å². The van der Waals surface area contributed by atoms with Gasteiger partial charge in [0.15, 0.2) is 5.75 Å². The Hall–Kier alpha value is -1.54. The standard InChI is InChI=1S/C9H5ClF3NO/c1-2-5-3-6(10)4-7(8(5)14)15-9(11,12)13/h1,3-4H,14H2. The number of nitrogens with two attached hydrogens (primary N) is 1. The maximum absolute atomic E-state index is 11.9. The van der Waals surface area contributed by atoms with Crippen molar-refractivity contribution >= 4 is 17.3 Å². The zero-order chi connectivity index (χ0) is 11.6. The van der Waals surface area contributed by atoms with Gasteiger partial charge in [0.25, 0.3) is 0 Å². The molecule has 0 saturated carbocycles. The summed E-state index contributed by atoms with van der Waals surface area (Å²) in [6, 6.07) is 2.23. The maximum Gasteiger partial charge on any atom is 0.573 e. The number of ether oxygens (including phenoxy) is 1. The molecule has 2 N–H and O–H groups in total. The van der Waals surface area contributed by atoms with E-state index in [1.54, 1.807) is 0 Å². The molecule has 0 aliphatic heterocycles. The normalized spacial score (nSPS) is 10.9. The highest BCUT2D eigenvalue weighted by molar-refractivity contribution is 6.31. The molecule has 1 aromatic rings. The quantitative estimate of drug-likeness (QED) is 0.600. The summed E-state index contributed by atoms with van der Waals surface area (Å²) >= 11 is 5.53. The third-order valence-corrected chi connectivity index (χ3v) is 1.71. The summed E-state index contributed by atoms with van der Waals surface area (Å²) < 4.78 is 39.4. The largest absolute Gasteiger partial charge is 0.573 e. The lowest BCUT2D eigenvalue weighted by molar-refractivity contribution is -0.274. The number of terminal acetylenes is 1. The molecule has 0 aliphatic carbocycles. The second-order valence-corrected chi connectivity index (χ2v) is 2.99. The van der Waals surface area contributed by atoms with Crippen molar-refractivity contribution < 1.29 is 17.9 Å². The van der Waals surface area contributed by atoms with E-state index in [0.29, 0.717) is 0 Å². The van der Waals surface area contributed by atoms with Gasteiger partial charge in [-0.15, -0.1) is 19.6 Å². The first-order chi connectivity index (χ1) is 6.83. The zero-order valence-electron chi connectivity index (χ0n) is 7.23. The van der Waals surface area contributed by atoms with Crippen LogP contribution in [0.1, 0.15) is 5.56 Å². The van der Waals surface area contributed by atoms with Gasteiger partial charge in [-0.1, -0.05) is 17.5 Å². The lowest BCUT2D eigenvalue weighted by Crippen LogP contribution is -2.18. The van der Waals surface area contributed by atoms with Crippen LogP contribution in [0.2, 0.25) is 5.02 Å². The predicted molar refractivity (Wildman–Crippen MR) is 50.5 cm³/mol. The van der Waals surface area contributed by atoms with Gasteiger partial charge >= 0.3 is 6.36 Å². The van der Waals surface area contributed by atoms with Crippen molar-refractivity contribution in [1.29, 1.82) is 0 Å². The first kappa shape index (κ1) is 11.5. The van der Waals surface area contributed by atoms with Crippen molar-refractivity contribution in [2.45, 2.75) is 6.36 Å². The van der Waals surface area contributed by atoms with Gasteiger partial charge in [-0.3, -0.25) is 0 Å². The van der Waals surface area contributed by atoms with Crippen molar-refractivity contribution in [1.82, 2.24) is 0 Å². The molecule has 1 rings (SSSR count). The number of hydrogen-bond acceptors (Lipinski definition) is 2. The van der Waals surface area contributed by atoms with E-state index in [1.165, 1.54) is 6.07 Å². The monoisotopic (exact) mass is 235 g/mol. The van der Waals surface area contributed by atoms with Gasteiger partial charge in [-0.2, -0.15) is 0 Å². The Kier molecular flexibility index (Phi) is 3.01. The van der Waals surface area contributed by atoms with Gasteiger partial charge in [0.2, 0.25) is 0 Å². The highest BCUT2D eigenvalue weighted by atomic mass is 35.5. The lowest BCUT2D eigenvalue weighted by atomic mass is 10.2. The van der Waals surface area contributed by atoms with Crippen LogP contribution in [0.5, 0.6) is 5.75 Å². The molecule has 0 aromatic heterocycles. The maximum atomic E-state index is 11.9. The molecule has 0 aliphatic rings. The van der Waals surface area contributed by atoms with Crippen molar-refractivity contribution in [3.8, 4) is 18.1 Å². The molecule has 0 atom stereocenters. The van der Waals surface area contributed by atoms with Gasteiger partial charge in [-0.25, -0.2) is 0 Å². The Bertz CT molecular complexity index is 423. The first-order valence-electron chi connectivity index (χ1n) is 3.65. The number of benzene rings is 1. The molecular formula is C9H5ClF3NO. The molecule has 0 spiro atoms. The Labute approximate surface area is 88.8 Å². The molecule has 1 aromatic carbocycles. The molecule has 0 saturated heterocycles. The van der Waals surface area contributed by atoms with E-state index in [9.17, 15) is 13.2 Å². The minimum absolute atomic E-state index is 0.0244. The Morgan fingerprint density at radius 3 is 2.47 bits per heavy atom. The molecule has 0 heterocycles. The minimum atomic E-state index is -4.83. The fourth-order valence-electron chi connectivity index (χ4n) is 0.922. The fourth-order valence-corrected chi connectivity index (χ4v) is 1.13. The second-order valence-electron chi connectivity index (χ2n) is 2.56. The van der Waals surface area contributed by atoms with Gasteiger partial charge in [-0.05, 0) is 6.07 Å². The highest BCUT2D eigenvalue weighted by Crippen LogP contribution is 2.33. The molecule has 2 nitrogen and oxygen atoms in total. The van der Waals surface area contributed by atoms with E-state index in [0.717, 1.165) is 6.07 Å². The molecule has 6 heteroatoms. The van der Waals surface area contributed by atoms with Crippen LogP contribution in [-0.2, 0) is 0 Å². The molecule has 15 heavy (non-hydrogen) atoms. The number of halogens is 4. The molecule has 0 fully saturated rings. The first-order valence-corrected chi connectivity index (χ1v) is 4.02. The van der Waals surface area contributed by atoms with Crippen LogP contribution in [-0.4, -0.2) is 6.36 Å². The third-order valence-electron chi connectivity index (χ3n) is 1.49. The van der Waals surface area contributed by atoms with Crippen molar-refractivity contribution in [2.24, 2.45) is 0 Å². The van der Waals surface area contributed by atoms with Crippen LogP contribution in [0.15, 0.2) is 12.1 Å². The van der Waals surface area contributed by atoms with Crippen LogP contribution in [0.3, 0.4) is 0 Å². The SMILES string of the molecule is C#Cc1cc(Cl)cc(OC(F)(F)F)c1N. The van der Waals surface area contributed by atoms with Crippen LogP contribution in [0.25, 0.3) is 0 Å². The molecular weight excluding hydrogens is 231 g/mol. The van der Waals surface area contributed by atoms with E-state index < -0.39 is 12.1 Å². The van der Waals surface area contributed by atoms with Gasteiger partial charge in [0.05, 0.1) is 11.3 Å². The summed E-state index contributed by atoms with van der Waals surface area (Å²) in [5.74, 6) is 1.51. The molecule has 0 radical (unpaired) electrons. The van der Waals surface area contributed by atoms with Gasteiger partial charge in [0.1, 0.15) is 0 Å². The summed E-state index contributed by atoms with van der Waals surface area (Å²) in [5, 5.41) is 0.0244. The third kappa shape index (κ3) is 2.96. The number of rotatable bonds is 1. The van der Waals surface area contributed by atoms with Crippen LogP contribution in [0.4, 0.5) is 18.9 Å².